The Morgan fingerprint density at radius 1 is 1.86 bits per heavy atom. The first kappa shape index (κ1) is 4.33. The monoisotopic (exact) mass is 100 g/mol. The minimum absolute atomic E-state index is 0.264. The second kappa shape index (κ2) is 1.75. The van der Waals surface area contributed by atoms with Crippen molar-refractivity contribution in [3.8, 4) is 0 Å². The minimum atomic E-state index is 0.264. The van der Waals surface area contributed by atoms with Crippen molar-refractivity contribution in [2.24, 2.45) is 0 Å². The van der Waals surface area contributed by atoms with Gasteiger partial charge in [-0.3, -0.25) is 4.79 Å². The number of allylic oxidation sites excluding steroid dienone is 1. The second-order valence-electron chi connectivity index (χ2n) is 1.09. The predicted molar refractivity (Wildman–Crippen MR) is 21.2 cm³/mol. The summed E-state index contributed by atoms with van der Waals surface area (Å²) < 4.78 is 0. The topological polar surface area (TPSA) is 35.5 Å². The Kier molecular flexibility index (Phi) is 1.08. The summed E-state index contributed by atoms with van der Waals surface area (Å²) in [6.07, 6.45) is 2.17. The van der Waals surface area contributed by atoms with Crippen LogP contribution in [0.25, 0.3) is 0 Å². The van der Waals surface area contributed by atoms with Crippen LogP contribution < -0.4 is 0 Å². The first-order valence-corrected chi connectivity index (χ1v) is 1.88. The first-order valence-electron chi connectivity index (χ1n) is 1.88. The summed E-state index contributed by atoms with van der Waals surface area (Å²) in [5, 5.41) is 0. The van der Waals surface area contributed by atoms with Crippen LogP contribution in [-0.4, -0.2) is 12.9 Å². The fourth-order valence-electron chi connectivity index (χ4n) is 0.320. The molecule has 0 fully saturated rings. The zero-order valence-electron chi connectivity index (χ0n) is 3.59. The van der Waals surface area contributed by atoms with Crippen molar-refractivity contribution in [2.45, 2.75) is 0 Å². The molecule has 0 bridgehead atoms. The van der Waals surface area contributed by atoms with Crippen molar-refractivity contribution in [3.05, 3.63) is 11.8 Å². The second-order valence-corrected chi connectivity index (χ2v) is 1.09. The van der Waals surface area contributed by atoms with Gasteiger partial charge >= 0.3 is 0 Å². The molecule has 0 aromatic rings. The highest BCUT2D eigenvalue weighted by Crippen LogP contribution is 2.00. The summed E-state index contributed by atoms with van der Waals surface area (Å²) in [5.41, 5.74) is 0. The zero-order chi connectivity index (χ0) is 5.11. The molecule has 0 unspecified atom stereocenters. The van der Waals surface area contributed by atoms with E-state index in [2.05, 4.69) is 9.78 Å². The van der Waals surface area contributed by atoms with E-state index in [0.717, 1.165) is 0 Å². The van der Waals surface area contributed by atoms with Crippen molar-refractivity contribution < 1.29 is 14.6 Å². The zero-order valence-corrected chi connectivity index (χ0v) is 3.59. The maximum absolute atomic E-state index is 9.73. The first-order chi connectivity index (χ1) is 3.43. The fraction of sp³-hybridized carbons (Fsp3) is 0.250. The molecule has 3 nitrogen and oxygen atoms in total. The van der Waals surface area contributed by atoms with Crippen molar-refractivity contribution in [1.82, 2.24) is 0 Å². The number of rotatable bonds is 1. The molecule has 0 radical (unpaired) electrons. The van der Waals surface area contributed by atoms with Crippen LogP contribution in [-0.2, 0) is 14.6 Å². The van der Waals surface area contributed by atoms with E-state index in [4.69, 9.17) is 0 Å². The number of aldehydes is 1. The molecule has 0 saturated carbocycles. The van der Waals surface area contributed by atoms with Crippen LogP contribution in [0.3, 0.4) is 0 Å². The summed E-state index contributed by atoms with van der Waals surface area (Å²) in [6, 6.07) is 0. The highest BCUT2D eigenvalue weighted by atomic mass is 17.2. The molecule has 1 aliphatic heterocycles. The lowest BCUT2D eigenvalue weighted by Crippen LogP contribution is -1.82. The Morgan fingerprint density at radius 2 is 2.71 bits per heavy atom. The normalized spacial score (nSPS) is 18.0. The lowest BCUT2D eigenvalue weighted by atomic mass is 10.5. The van der Waals surface area contributed by atoms with Gasteiger partial charge in [-0.25, -0.2) is 0 Å². The smallest absolute Gasteiger partial charge is 0.203 e. The van der Waals surface area contributed by atoms with Gasteiger partial charge in [0, 0.05) is 0 Å². The summed E-state index contributed by atoms with van der Waals surface area (Å²) in [6.45, 7) is 0.383. The van der Waals surface area contributed by atoms with E-state index in [1.165, 1.54) is 0 Å². The van der Waals surface area contributed by atoms with E-state index >= 15 is 0 Å². The maximum atomic E-state index is 9.73. The Balaban J connectivity index is 2.51. The molecular formula is C4H4O3. The SMILES string of the molecule is O=CC1=CCOO1. The lowest BCUT2D eigenvalue weighted by Gasteiger charge is -1.86. The summed E-state index contributed by atoms with van der Waals surface area (Å²) >= 11 is 0. The average molecular weight is 100 g/mol. The fourth-order valence-corrected chi connectivity index (χ4v) is 0.320. The van der Waals surface area contributed by atoms with Crippen LogP contribution in [0.4, 0.5) is 0 Å². The van der Waals surface area contributed by atoms with Crippen molar-refractivity contribution in [3.63, 3.8) is 0 Å². The molecule has 0 aromatic carbocycles. The van der Waals surface area contributed by atoms with Gasteiger partial charge in [-0.15, -0.1) is 0 Å². The highest BCUT2D eigenvalue weighted by molar-refractivity contribution is 5.70. The molecule has 0 amide bonds. The Hall–Kier alpha value is -0.830. The number of hydrogen-bond donors (Lipinski definition) is 0. The van der Waals surface area contributed by atoms with Gasteiger partial charge in [-0.05, 0) is 6.08 Å². The molecule has 1 heterocycles. The minimum Gasteiger partial charge on any atom is -0.334 e. The third kappa shape index (κ3) is 0.778. The van der Waals surface area contributed by atoms with Crippen molar-refractivity contribution >= 4 is 6.29 Å². The Morgan fingerprint density at radius 3 is 3.00 bits per heavy atom. The van der Waals surface area contributed by atoms with Crippen LogP contribution in [0.5, 0.6) is 0 Å². The lowest BCUT2D eigenvalue weighted by molar-refractivity contribution is -0.231. The molecule has 0 atom stereocenters. The molecule has 0 aromatic heterocycles. The summed E-state index contributed by atoms with van der Waals surface area (Å²) in [4.78, 5) is 18.4. The van der Waals surface area contributed by atoms with Crippen LogP contribution in [0.15, 0.2) is 11.8 Å². The van der Waals surface area contributed by atoms with Gasteiger partial charge < -0.3 is 4.89 Å². The van der Waals surface area contributed by atoms with Gasteiger partial charge in [0.2, 0.25) is 5.76 Å². The van der Waals surface area contributed by atoms with Gasteiger partial charge in [0.1, 0.15) is 6.61 Å². The van der Waals surface area contributed by atoms with Gasteiger partial charge in [0.15, 0.2) is 6.29 Å². The number of carbonyl (C=O) groups excluding carboxylic acids is 1. The molecule has 3 heteroatoms. The van der Waals surface area contributed by atoms with Crippen LogP contribution in [0.2, 0.25) is 0 Å². The molecule has 1 aliphatic rings. The van der Waals surface area contributed by atoms with Crippen molar-refractivity contribution in [1.29, 1.82) is 0 Å². The molecule has 7 heavy (non-hydrogen) atoms. The molecule has 0 saturated heterocycles. The van der Waals surface area contributed by atoms with Gasteiger partial charge in [-0.2, -0.15) is 4.89 Å². The maximum Gasteiger partial charge on any atom is 0.203 e. The molecule has 0 spiro atoms. The number of carbonyl (C=O) groups is 1. The van der Waals surface area contributed by atoms with E-state index in [1.807, 2.05) is 0 Å². The summed E-state index contributed by atoms with van der Waals surface area (Å²) in [7, 11) is 0. The third-order valence-electron chi connectivity index (χ3n) is 0.624. The van der Waals surface area contributed by atoms with Gasteiger partial charge in [0.05, 0.1) is 0 Å². The predicted octanol–water partition coefficient (Wildman–Crippen LogP) is 0.0310. The van der Waals surface area contributed by atoms with Gasteiger partial charge in [0.25, 0.3) is 0 Å². The largest absolute Gasteiger partial charge is 0.334 e. The van der Waals surface area contributed by atoms with E-state index in [9.17, 15) is 4.79 Å². The summed E-state index contributed by atoms with van der Waals surface area (Å²) in [5.74, 6) is 0.264. The highest BCUT2D eigenvalue weighted by Gasteiger charge is 2.02. The Bertz CT molecular complexity index is 106. The molecule has 1 rings (SSSR count). The van der Waals surface area contributed by atoms with E-state index in [1.54, 1.807) is 6.08 Å². The average Bonchev–Trinajstić information content (AvgIpc) is 2.14. The van der Waals surface area contributed by atoms with Crippen LogP contribution in [0, 0.1) is 0 Å². The Labute approximate surface area is 40.5 Å². The van der Waals surface area contributed by atoms with E-state index in [0.29, 0.717) is 12.9 Å². The molecule has 0 aliphatic carbocycles. The number of hydrogen-bond acceptors (Lipinski definition) is 3. The van der Waals surface area contributed by atoms with Crippen LogP contribution >= 0.6 is 0 Å². The third-order valence-corrected chi connectivity index (χ3v) is 0.624. The van der Waals surface area contributed by atoms with Gasteiger partial charge in [-0.1, -0.05) is 0 Å². The molecular weight excluding hydrogens is 96.0 g/mol. The van der Waals surface area contributed by atoms with E-state index < -0.39 is 0 Å². The van der Waals surface area contributed by atoms with E-state index in [-0.39, 0.29) is 5.76 Å². The van der Waals surface area contributed by atoms with Crippen LogP contribution in [0.1, 0.15) is 0 Å². The molecule has 0 N–H and O–H groups in total. The quantitative estimate of drug-likeness (QED) is 0.344. The molecule has 38 valence electrons. The standard InChI is InChI=1S/C4H4O3/c5-3-4-1-2-6-7-4/h1,3H,2H2. The van der Waals surface area contributed by atoms with Crippen molar-refractivity contribution in [2.75, 3.05) is 6.61 Å².